The molecular formula is C16H22N2O2. The van der Waals surface area contributed by atoms with Gasteiger partial charge in [0.05, 0.1) is 0 Å². The van der Waals surface area contributed by atoms with Gasteiger partial charge >= 0.3 is 0 Å². The van der Waals surface area contributed by atoms with Crippen molar-refractivity contribution in [3.05, 3.63) is 35.4 Å². The number of aryl methyl sites for hydroxylation is 1. The third-order valence-electron chi connectivity index (χ3n) is 3.70. The molecule has 4 heteroatoms. The van der Waals surface area contributed by atoms with Gasteiger partial charge in [0.15, 0.2) is 0 Å². The third-order valence-corrected chi connectivity index (χ3v) is 3.70. The molecular weight excluding hydrogens is 252 g/mol. The minimum absolute atomic E-state index is 0.0360. The fourth-order valence-corrected chi connectivity index (χ4v) is 2.14. The van der Waals surface area contributed by atoms with Gasteiger partial charge in [-0.15, -0.1) is 0 Å². The second kappa shape index (κ2) is 6.55. The summed E-state index contributed by atoms with van der Waals surface area (Å²) < 4.78 is 0. The van der Waals surface area contributed by atoms with Crippen LogP contribution in [0.4, 0.5) is 0 Å². The Morgan fingerprint density at radius 3 is 2.60 bits per heavy atom. The Kier molecular flexibility index (Phi) is 4.77. The van der Waals surface area contributed by atoms with E-state index in [0.29, 0.717) is 19.6 Å². The molecule has 2 rings (SSSR count). The number of carbonyl (C=O) groups is 2. The molecule has 108 valence electrons. The summed E-state index contributed by atoms with van der Waals surface area (Å²) in [6.45, 7) is 5.30. The minimum atomic E-state index is 0.0360. The summed E-state index contributed by atoms with van der Waals surface area (Å²) in [6.07, 6.45) is 2.01. The van der Waals surface area contributed by atoms with Crippen LogP contribution in [-0.4, -0.2) is 29.8 Å². The molecule has 0 unspecified atom stereocenters. The third kappa shape index (κ3) is 4.08. The lowest BCUT2D eigenvalue weighted by atomic mass is 10.1. The van der Waals surface area contributed by atoms with Gasteiger partial charge in [-0.05, 0) is 30.9 Å². The highest BCUT2D eigenvalue weighted by molar-refractivity contribution is 5.80. The van der Waals surface area contributed by atoms with Gasteiger partial charge in [-0.3, -0.25) is 9.59 Å². The van der Waals surface area contributed by atoms with Crippen LogP contribution in [0, 0.1) is 12.8 Å². The number of nitrogens with zero attached hydrogens (tertiary/aromatic N) is 1. The molecule has 0 heterocycles. The average molecular weight is 274 g/mol. The summed E-state index contributed by atoms with van der Waals surface area (Å²) >= 11 is 0. The first kappa shape index (κ1) is 14.6. The maximum Gasteiger partial charge on any atom is 0.223 e. The van der Waals surface area contributed by atoms with Crippen molar-refractivity contribution < 1.29 is 9.59 Å². The summed E-state index contributed by atoms with van der Waals surface area (Å²) in [5.41, 5.74) is 2.33. The number of hydrogen-bond acceptors (Lipinski definition) is 2. The van der Waals surface area contributed by atoms with E-state index in [2.05, 4.69) is 5.32 Å². The van der Waals surface area contributed by atoms with Gasteiger partial charge in [-0.2, -0.15) is 0 Å². The Balaban J connectivity index is 1.85. The fourth-order valence-electron chi connectivity index (χ4n) is 2.14. The van der Waals surface area contributed by atoms with E-state index in [1.807, 2.05) is 31.2 Å². The molecule has 0 spiro atoms. The van der Waals surface area contributed by atoms with Crippen molar-refractivity contribution in [2.45, 2.75) is 33.2 Å². The Hall–Kier alpha value is -1.84. The Morgan fingerprint density at radius 1 is 1.30 bits per heavy atom. The van der Waals surface area contributed by atoms with Crippen molar-refractivity contribution in [3.8, 4) is 0 Å². The second-order valence-electron chi connectivity index (χ2n) is 5.43. The molecule has 0 aliphatic heterocycles. The van der Waals surface area contributed by atoms with Crippen LogP contribution in [-0.2, 0) is 16.1 Å². The van der Waals surface area contributed by atoms with E-state index in [0.717, 1.165) is 18.4 Å². The lowest BCUT2D eigenvalue weighted by Crippen LogP contribution is -2.37. The Morgan fingerprint density at radius 2 is 2.00 bits per heavy atom. The first-order chi connectivity index (χ1) is 9.58. The first-order valence-corrected chi connectivity index (χ1v) is 7.15. The van der Waals surface area contributed by atoms with Crippen molar-refractivity contribution in [2.24, 2.45) is 5.92 Å². The number of rotatable bonds is 6. The van der Waals surface area contributed by atoms with Crippen LogP contribution >= 0.6 is 0 Å². The van der Waals surface area contributed by atoms with Gasteiger partial charge < -0.3 is 10.2 Å². The van der Waals surface area contributed by atoms with E-state index in [1.165, 1.54) is 5.56 Å². The molecule has 1 saturated carbocycles. The van der Waals surface area contributed by atoms with Crippen LogP contribution in [0.3, 0.4) is 0 Å². The molecule has 1 N–H and O–H groups in total. The fraction of sp³-hybridized carbons (Fsp3) is 0.500. The molecule has 0 atom stereocenters. The SMILES string of the molecule is CC(=O)N(CCNC(=O)C1CC1)Cc1ccccc1C. The van der Waals surface area contributed by atoms with E-state index in [1.54, 1.807) is 11.8 Å². The molecule has 4 nitrogen and oxygen atoms in total. The predicted molar refractivity (Wildman–Crippen MR) is 78.0 cm³/mol. The molecule has 0 radical (unpaired) electrons. The van der Waals surface area contributed by atoms with Crippen molar-refractivity contribution in [1.82, 2.24) is 10.2 Å². The molecule has 0 bridgehead atoms. The van der Waals surface area contributed by atoms with E-state index >= 15 is 0 Å². The molecule has 20 heavy (non-hydrogen) atoms. The normalized spacial score (nSPS) is 13.9. The van der Waals surface area contributed by atoms with Crippen LogP contribution in [0.15, 0.2) is 24.3 Å². The van der Waals surface area contributed by atoms with Gasteiger partial charge in [0.2, 0.25) is 11.8 Å². The molecule has 1 aliphatic rings. The van der Waals surface area contributed by atoms with E-state index in [9.17, 15) is 9.59 Å². The summed E-state index contributed by atoms with van der Waals surface area (Å²) in [5.74, 6) is 0.385. The monoisotopic (exact) mass is 274 g/mol. The highest BCUT2D eigenvalue weighted by Crippen LogP contribution is 2.28. The van der Waals surface area contributed by atoms with Crippen LogP contribution in [0.25, 0.3) is 0 Å². The zero-order valence-corrected chi connectivity index (χ0v) is 12.2. The molecule has 1 aromatic rings. The lowest BCUT2D eigenvalue weighted by molar-refractivity contribution is -0.130. The second-order valence-corrected chi connectivity index (χ2v) is 5.43. The smallest absolute Gasteiger partial charge is 0.223 e. The summed E-state index contributed by atoms with van der Waals surface area (Å²) in [5, 5.41) is 2.90. The summed E-state index contributed by atoms with van der Waals surface area (Å²) in [4.78, 5) is 25.0. The van der Waals surface area contributed by atoms with Gasteiger partial charge in [0.25, 0.3) is 0 Å². The van der Waals surface area contributed by atoms with Crippen molar-refractivity contribution >= 4 is 11.8 Å². The molecule has 0 aromatic heterocycles. The number of hydrogen-bond donors (Lipinski definition) is 1. The van der Waals surface area contributed by atoms with Crippen LogP contribution in [0.1, 0.15) is 30.9 Å². The lowest BCUT2D eigenvalue weighted by Gasteiger charge is -2.22. The zero-order chi connectivity index (χ0) is 14.5. The molecule has 1 aliphatic carbocycles. The largest absolute Gasteiger partial charge is 0.354 e. The standard InChI is InChI=1S/C16H22N2O2/c1-12-5-3-4-6-15(12)11-18(13(2)19)10-9-17-16(20)14-7-8-14/h3-6,14H,7-11H2,1-2H3,(H,17,20). The number of benzene rings is 1. The van der Waals surface area contributed by atoms with E-state index in [4.69, 9.17) is 0 Å². The van der Waals surface area contributed by atoms with Crippen LogP contribution in [0.2, 0.25) is 0 Å². The molecule has 0 saturated heterocycles. The first-order valence-electron chi connectivity index (χ1n) is 7.15. The maximum absolute atomic E-state index is 11.7. The number of nitrogens with one attached hydrogen (secondary N) is 1. The average Bonchev–Trinajstić information content (AvgIpc) is 3.23. The predicted octanol–water partition coefficient (Wildman–Crippen LogP) is 1.87. The molecule has 1 aromatic carbocycles. The number of carbonyl (C=O) groups excluding carboxylic acids is 2. The van der Waals surface area contributed by atoms with Gasteiger partial charge in [0, 0.05) is 32.5 Å². The van der Waals surface area contributed by atoms with Gasteiger partial charge in [-0.1, -0.05) is 24.3 Å². The van der Waals surface area contributed by atoms with Crippen molar-refractivity contribution in [3.63, 3.8) is 0 Å². The molecule has 1 fully saturated rings. The van der Waals surface area contributed by atoms with Crippen molar-refractivity contribution in [2.75, 3.05) is 13.1 Å². The molecule has 2 amide bonds. The summed E-state index contributed by atoms with van der Waals surface area (Å²) in [7, 11) is 0. The minimum Gasteiger partial charge on any atom is -0.354 e. The van der Waals surface area contributed by atoms with Crippen molar-refractivity contribution in [1.29, 1.82) is 0 Å². The zero-order valence-electron chi connectivity index (χ0n) is 12.2. The highest BCUT2D eigenvalue weighted by Gasteiger charge is 2.29. The highest BCUT2D eigenvalue weighted by atomic mass is 16.2. The Labute approximate surface area is 120 Å². The summed E-state index contributed by atoms with van der Waals surface area (Å²) in [6, 6.07) is 8.05. The van der Waals surface area contributed by atoms with Gasteiger partial charge in [0.1, 0.15) is 0 Å². The van der Waals surface area contributed by atoms with E-state index < -0.39 is 0 Å². The van der Waals surface area contributed by atoms with Crippen LogP contribution < -0.4 is 5.32 Å². The Bertz CT molecular complexity index is 495. The van der Waals surface area contributed by atoms with Crippen LogP contribution in [0.5, 0.6) is 0 Å². The van der Waals surface area contributed by atoms with Gasteiger partial charge in [-0.25, -0.2) is 0 Å². The van der Waals surface area contributed by atoms with E-state index in [-0.39, 0.29) is 17.7 Å². The topological polar surface area (TPSA) is 49.4 Å². The number of amides is 2. The quantitative estimate of drug-likeness (QED) is 0.861. The maximum atomic E-state index is 11.7.